The Bertz CT molecular complexity index is 980. The number of hydrogen-bond donors (Lipinski definition) is 2. The molecule has 2 amide bonds. The van der Waals surface area contributed by atoms with Crippen LogP contribution in [0.5, 0.6) is 5.75 Å². The molecule has 1 aliphatic carbocycles. The summed E-state index contributed by atoms with van der Waals surface area (Å²) < 4.78 is 6.04. The van der Waals surface area contributed by atoms with Gasteiger partial charge in [-0.05, 0) is 86.5 Å². The van der Waals surface area contributed by atoms with Gasteiger partial charge < -0.3 is 15.8 Å². The summed E-state index contributed by atoms with van der Waals surface area (Å²) in [6.45, 7) is 2.46. The number of carbonyl (C=O) groups is 2. The van der Waals surface area contributed by atoms with Crippen molar-refractivity contribution in [2.45, 2.75) is 51.2 Å². The molecule has 3 N–H and O–H groups in total. The maximum Gasteiger partial charge on any atom is 0.248 e. The normalized spacial score (nSPS) is 19.6. The summed E-state index contributed by atoms with van der Waals surface area (Å²) in [7, 11) is 0. The van der Waals surface area contributed by atoms with Crippen LogP contribution in [0.15, 0.2) is 54.6 Å². The average Bonchev–Trinajstić information content (AvgIpc) is 3.32. The number of nitrogens with zero attached hydrogens (tertiary/aromatic N) is 1. The van der Waals surface area contributed by atoms with Crippen LogP contribution in [0.1, 0.15) is 49.7 Å². The van der Waals surface area contributed by atoms with Crippen molar-refractivity contribution in [3.8, 4) is 5.75 Å². The molecule has 174 valence electrons. The van der Waals surface area contributed by atoms with E-state index in [0.717, 1.165) is 61.3 Å². The number of piperidine rings is 1. The van der Waals surface area contributed by atoms with Crippen molar-refractivity contribution in [1.29, 1.82) is 0 Å². The zero-order chi connectivity index (χ0) is 23.0. The number of hydrogen-bond acceptors (Lipinski definition) is 4. The Balaban J connectivity index is 1.27. The Kier molecular flexibility index (Phi) is 7.79. The number of ether oxygens (including phenoxy) is 1. The fourth-order valence-electron chi connectivity index (χ4n) is 4.63. The second-order valence-electron chi connectivity index (χ2n) is 9.09. The van der Waals surface area contributed by atoms with Crippen molar-refractivity contribution in [2.24, 2.45) is 11.7 Å². The minimum atomic E-state index is -0.209. The van der Waals surface area contributed by atoms with Crippen molar-refractivity contribution >= 4 is 23.6 Å². The zero-order valence-electron chi connectivity index (χ0n) is 19.0. The summed E-state index contributed by atoms with van der Waals surface area (Å²) in [4.78, 5) is 26.1. The molecule has 33 heavy (non-hydrogen) atoms. The lowest BCUT2D eigenvalue weighted by Crippen LogP contribution is -2.40. The molecular weight excluding hydrogens is 414 g/mol. The predicted molar refractivity (Wildman–Crippen MR) is 131 cm³/mol. The number of rotatable bonds is 8. The molecule has 0 aromatic heterocycles. The van der Waals surface area contributed by atoms with Crippen molar-refractivity contribution in [3.05, 3.63) is 65.7 Å². The fourth-order valence-corrected chi connectivity index (χ4v) is 4.63. The largest absolute Gasteiger partial charge is 0.490 e. The first-order valence-electron chi connectivity index (χ1n) is 11.9. The van der Waals surface area contributed by atoms with Crippen molar-refractivity contribution in [2.75, 3.05) is 18.4 Å². The van der Waals surface area contributed by atoms with Gasteiger partial charge in [0.25, 0.3) is 0 Å². The van der Waals surface area contributed by atoms with Gasteiger partial charge in [0.05, 0.1) is 12.0 Å². The summed E-state index contributed by atoms with van der Waals surface area (Å²) in [6, 6.07) is 15.7. The zero-order valence-corrected chi connectivity index (χ0v) is 19.0. The van der Waals surface area contributed by atoms with E-state index in [-0.39, 0.29) is 17.7 Å². The van der Waals surface area contributed by atoms with E-state index in [1.165, 1.54) is 12.8 Å². The van der Waals surface area contributed by atoms with E-state index in [1.54, 1.807) is 12.2 Å². The molecule has 1 heterocycles. The number of carbonyl (C=O) groups excluding carboxylic acids is 2. The Hall–Kier alpha value is -3.12. The van der Waals surface area contributed by atoms with E-state index in [4.69, 9.17) is 10.5 Å². The van der Waals surface area contributed by atoms with Gasteiger partial charge in [-0.25, -0.2) is 0 Å². The van der Waals surface area contributed by atoms with Crippen LogP contribution < -0.4 is 15.8 Å². The van der Waals surface area contributed by atoms with E-state index in [9.17, 15) is 9.59 Å². The molecule has 2 aliphatic rings. The first-order valence-corrected chi connectivity index (χ1v) is 11.9. The molecule has 6 heteroatoms. The molecule has 1 atom stereocenters. The monoisotopic (exact) mass is 447 g/mol. The highest BCUT2D eigenvalue weighted by Crippen LogP contribution is 2.25. The van der Waals surface area contributed by atoms with Gasteiger partial charge in [-0.1, -0.05) is 24.3 Å². The number of primary amides is 1. The Morgan fingerprint density at radius 3 is 2.61 bits per heavy atom. The number of benzene rings is 2. The highest BCUT2D eigenvalue weighted by molar-refractivity contribution is 6.01. The summed E-state index contributed by atoms with van der Waals surface area (Å²) in [6.07, 6.45) is 10.2. The molecule has 2 fully saturated rings. The Labute approximate surface area is 195 Å². The topological polar surface area (TPSA) is 84.7 Å². The lowest BCUT2D eigenvalue weighted by molar-refractivity contribution is -0.123. The summed E-state index contributed by atoms with van der Waals surface area (Å²) >= 11 is 0. The summed E-state index contributed by atoms with van der Waals surface area (Å²) in [5, 5.41) is 2.91. The average molecular weight is 448 g/mol. The standard InChI is InChI=1S/C27H33N3O3/c28-27(32)22-6-4-16-30(19-22)18-21-10-13-23(14-11-21)29-26(31)15-12-20-5-3-9-25(17-20)33-24-7-1-2-8-24/h3,5,9-15,17,22,24H,1-2,4,6-8,16,18-19H2,(H2,28,32)(H,29,31)/b15-12+. The number of amides is 2. The van der Waals surface area contributed by atoms with Crippen molar-refractivity contribution < 1.29 is 14.3 Å². The van der Waals surface area contributed by atoms with Crippen LogP contribution in [-0.2, 0) is 16.1 Å². The molecule has 6 nitrogen and oxygen atoms in total. The molecule has 0 bridgehead atoms. The van der Waals surface area contributed by atoms with Crippen LogP contribution in [-0.4, -0.2) is 35.9 Å². The molecular formula is C27H33N3O3. The summed E-state index contributed by atoms with van der Waals surface area (Å²) in [5.74, 6) is 0.416. The Morgan fingerprint density at radius 1 is 1.06 bits per heavy atom. The van der Waals surface area contributed by atoms with Crippen LogP contribution in [0.2, 0.25) is 0 Å². The third-order valence-corrected chi connectivity index (χ3v) is 6.43. The van der Waals surface area contributed by atoms with Gasteiger partial charge in [-0.2, -0.15) is 0 Å². The summed E-state index contributed by atoms with van der Waals surface area (Å²) in [5.41, 5.74) is 8.31. The lowest BCUT2D eigenvalue weighted by atomic mass is 9.97. The van der Waals surface area contributed by atoms with Gasteiger partial charge in [0.1, 0.15) is 5.75 Å². The van der Waals surface area contributed by atoms with Gasteiger partial charge in [0.15, 0.2) is 0 Å². The number of nitrogens with one attached hydrogen (secondary N) is 1. The third-order valence-electron chi connectivity index (χ3n) is 6.43. The molecule has 1 saturated carbocycles. The number of nitrogens with two attached hydrogens (primary N) is 1. The van der Waals surface area contributed by atoms with E-state index in [0.29, 0.717) is 12.6 Å². The van der Waals surface area contributed by atoms with Crippen LogP contribution in [0.25, 0.3) is 6.08 Å². The van der Waals surface area contributed by atoms with Crippen LogP contribution in [0, 0.1) is 5.92 Å². The second-order valence-corrected chi connectivity index (χ2v) is 9.09. The van der Waals surface area contributed by atoms with E-state index >= 15 is 0 Å². The number of likely N-dealkylation sites (tertiary alicyclic amines) is 1. The maximum absolute atomic E-state index is 12.4. The molecule has 1 saturated heterocycles. The van der Waals surface area contributed by atoms with Crippen molar-refractivity contribution in [1.82, 2.24) is 4.90 Å². The van der Waals surface area contributed by atoms with Gasteiger partial charge in [-0.3, -0.25) is 14.5 Å². The van der Waals surface area contributed by atoms with E-state index in [2.05, 4.69) is 10.2 Å². The van der Waals surface area contributed by atoms with Gasteiger partial charge >= 0.3 is 0 Å². The highest BCUT2D eigenvalue weighted by Gasteiger charge is 2.23. The third kappa shape index (κ3) is 6.93. The number of anilines is 1. The molecule has 2 aromatic carbocycles. The quantitative estimate of drug-likeness (QED) is 0.589. The van der Waals surface area contributed by atoms with Gasteiger partial charge in [0, 0.05) is 24.9 Å². The molecule has 0 radical (unpaired) electrons. The first-order chi connectivity index (χ1) is 16.0. The lowest BCUT2D eigenvalue weighted by Gasteiger charge is -2.31. The molecule has 0 spiro atoms. The maximum atomic E-state index is 12.4. The molecule has 4 rings (SSSR count). The second kappa shape index (κ2) is 11.1. The van der Waals surface area contributed by atoms with E-state index < -0.39 is 0 Å². The minimum absolute atomic E-state index is 0.0564. The minimum Gasteiger partial charge on any atom is -0.490 e. The van der Waals surface area contributed by atoms with E-state index in [1.807, 2.05) is 48.5 Å². The molecule has 1 unspecified atom stereocenters. The molecule has 2 aromatic rings. The van der Waals surface area contributed by atoms with Crippen LogP contribution in [0.3, 0.4) is 0 Å². The van der Waals surface area contributed by atoms with Gasteiger partial charge in [-0.15, -0.1) is 0 Å². The Morgan fingerprint density at radius 2 is 1.85 bits per heavy atom. The first kappa shape index (κ1) is 23.1. The van der Waals surface area contributed by atoms with Crippen LogP contribution in [0.4, 0.5) is 5.69 Å². The SMILES string of the molecule is NC(=O)C1CCCN(Cc2ccc(NC(=O)/C=C/c3cccc(OC4CCCC4)c3)cc2)C1. The van der Waals surface area contributed by atoms with Gasteiger partial charge in [0.2, 0.25) is 11.8 Å². The highest BCUT2D eigenvalue weighted by atomic mass is 16.5. The van der Waals surface area contributed by atoms with Crippen molar-refractivity contribution in [3.63, 3.8) is 0 Å². The fraction of sp³-hybridized carbons (Fsp3) is 0.407. The predicted octanol–water partition coefficient (Wildman–Crippen LogP) is 4.36. The molecule has 1 aliphatic heterocycles. The smallest absolute Gasteiger partial charge is 0.248 e. The van der Waals surface area contributed by atoms with Crippen LogP contribution >= 0.6 is 0 Å².